The summed E-state index contributed by atoms with van der Waals surface area (Å²) in [6, 6.07) is 4.43. The Bertz CT molecular complexity index is 550. The molecule has 7 heteroatoms. The van der Waals surface area contributed by atoms with Gasteiger partial charge in [0.1, 0.15) is 6.54 Å². The third kappa shape index (κ3) is 5.13. The monoisotopic (exact) mass is 287 g/mol. The van der Waals surface area contributed by atoms with Gasteiger partial charge in [-0.05, 0) is 30.2 Å². The Morgan fingerprint density at radius 2 is 2.00 bits per heavy atom. The van der Waals surface area contributed by atoms with Crippen molar-refractivity contribution in [2.75, 3.05) is 6.54 Å². The minimum absolute atomic E-state index is 0.0711. The van der Waals surface area contributed by atoms with Crippen LogP contribution in [0.25, 0.3) is 6.08 Å². The molecule has 4 nitrogen and oxygen atoms in total. The predicted octanol–water partition coefficient (Wildman–Crippen LogP) is 2.38. The molecule has 1 rings (SSSR count). The quantitative estimate of drug-likeness (QED) is 0.836. The molecule has 1 aromatic carbocycles. The Hall–Kier alpha value is -2.31. The number of rotatable bonds is 4. The molecule has 1 amide bonds. The summed E-state index contributed by atoms with van der Waals surface area (Å²) in [4.78, 5) is 22.0. The van der Waals surface area contributed by atoms with E-state index in [0.29, 0.717) is 11.1 Å². The normalized spacial score (nSPS) is 11.6. The number of carbonyl (C=O) groups is 2. The first-order valence-corrected chi connectivity index (χ1v) is 5.55. The van der Waals surface area contributed by atoms with Gasteiger partial charge in [-0.25, -0.2) is 4.79 Å². The van der Waals surface area contributed by atoms with Gasteiger partial charge in [-0.2, -0.15) is 13.2 Å². The molecule has 0 aliphatic carbocycles. The van der Waals surface area contributed by atoms with Crippen molar-refractivity contribution in [2.24, 2.45) is 0 Å². The second-order valence-electron chi connectivity index (χ2n) is 4.04. The van der Waals surface area contributed by atoms with E-state index >= 15 is 0 Å². The van der Waals surface area contributed by atoms with Crippen LogP contribution in [0.1, 0.15) is 21.5 Å². The molecule has 20 heavy (non-hydrogen) atoms. The number of nitrogens with one attached hydrogen (secondary N) is 1. The molecule has 0 radical (unpaired) electrons. The number of benzene rings is 1. The third-order valence-corrected chi connectivity index (χ3v) is 2.37. The molecule has 0 heterocycles. The number of aryl methyl sites for hydroxylation is 1. The van der Waals surface area contributed by atoms with Crippen LogP contribution in [0.15, 0.2) is 24.3 Å². The van der Waals surface area contributed by atoms with E-state index in [1.54, 1.807) is 18.3 Å². The summed E-state index contributed by atoms with van der Waals surface area (Å²) in [5.41, 5.74) is 0.981. The number of hydrogen-bond acceptors (Lipinski definition) is 2. The highest BCUT2D eigenvalue weighted by Gasteiger charge is 2.28. The number of aliphatic carboxylic acids is 1. The molecule has 0 saturated carbocycles. The highest BCUT2D eigenvalue weighted by atomic mass is 19.4. The maximum Gasteiger partial charge on any atom is 0.405 e. The number of hydrogen-bond donors (Lipinski definition) is 2. The van der Waals surface area contributed by atoms with Crippen molar-refractivity contribution in [3.63, 3.8) is 0 Å². The molecule has 108 valence electrons. The summed E-state index contributed by atoms with van der Waals surface area (Å²) in [6.07, 6.45) is -2.35. The maximum atomic E-state index is 12.0. The third-order valence-electron chi connectivity index (χ3n) is 2.37. The summed E-state index contributed by atoms with van der Waals surface area (Å²) in [5, 5.41) is 10.3. The first-order chi connectivity index (χ1) is 9.19. The van der Waals surface area contributed by atoms with E-state index in [4.69, 9.17) is 5.11 Å². The molecule has 2 N–H and O–H groups in total. The van der Waals surface area contributed by atoms with Crippen molar-refractivity contribution in [2.45, 2.75) is 13.1 Å². The Morgan fingerprint density at radius 3 is 2.55 bits per heavy atom. The number of carboxylic acid groups (broad SMARTS) is 1. The van der Waals surface area contributed by atoms with E-state index in [2.05, 4.69) is 0 Å². The number of amides is 1. The van der Waals surface area contributed by atoms with Gasteiger partial charge in [0, 0.05) is 11.6 Å². The molecule has 0 spiro atoms. The highest BCUT2D eigenvalue weighted by Crippen LogP contribution is 2.15. The van der Waals surface area contributed by atoms with Gasteiger partial charge < -0.3 is 10.4 Å². The fourth-order valence-electron chi connectivity index (χ4n) is 1.43. The first kappa shape index (κ1) is 15.7. The molecule has 0 bridgehead atoms. The van der Waals surface area contributed by atoms with Crippen LogP contribution in [0.2, 0.25) is 0 Å². The molecule has 0 unspecified atom stereocenters. The van der Waals surface area contributed by atoms with E-state index in [1.165, 1.54) is 18.2 Å². The van der Waals surface area contributed by atoms with Gasteiger partial charge in [-0.1, -0.05) is 12.1 Å². The van der Waals surface area contributed by atoms with Crippen LogP contribution >= 0.6 is 0 Å². The number of carbonyl (C=O) groups excluding carboxylic acids is 1. The lowest BCUT2D eigenvalue weighted by molar-refractivity contribution is -0.131. The first-order valence-electron chi connectivity index (χ1n) is 5.55. The smallest absolute Gasteiger partial charge is 0.405 e. The summed E-state index contributed by atoms with van der Waals surface area (Å²) in [6.45, 7) is 0.160. The summed E-state index contributed by atoms with van der Waals surface area (Å²) in [7, 11) is 0. The Morgan fingerprint density at radius 1 is 1.35 bits per heavy atom. The van der Waals surface area contributed by atoms with Crippen LogP contribution in [0, 0.1) is 6.92 Å². The fourth-order valence-corrected chi connectivity index (χ4v) is 1.43. The number of alkyl halides is 3. The van der Waals surface area contributed by atoms with Crippen molar-refractivity contribution in [3.8, 4) is 0 Å². The van der Waals surface area contributed by atoms with Crippen LogP contribution in [-0.4, -0.2) is 29.7 Å². The van der Waals surface area contributed by atoms with Gasteiger partial charge >= 0.3 is 12.1 Å². The summed E-state index contributed by atoms with van der Waals surface area (Å²) in [5.74, 6) is -2.01. The van der Waals surface area contributed by atoms with Crippen molar-refractivity contribution in [1.82, 2.24) is 5.32 Å². The molecule has 0 aliphatic heterocycles. The van der Waals surface area contributed by atoms with Crippen LogP contribution in [-0.2, 0) is 4.79 Å². The van der Waals surface area contributed by atoms with Gasteiger partial charge in [0.05, 0.1) is 0 Å². The van der Waals surface area contributed by atoms with Gasteiger partial charge in [0.15, 0.2) is 0 Å². The zero-order chi connectivity index (χ0) is 15.3. The standard InChI is InChI=1S/C13H12F3NO3/c1-8-2-3-9(4-5-11(18)19)6-10(8)12(20)17-7-13(14,15)16/h2-6H,7H2,1H3,(H,17,20)(H,18,19). The number of carboxylic acids is 1. The largest absolute Gasteiger partial charge is 0.478 e. The molecule has 0 aromatic heterocycles. The van der Waals surface area contributed by atoms with Crippen molar-refractivity contribution in [1.29, 1.82) is 0 Å². The van der Waals surface area contributed by atoms with E-state index in [-0.39, 0.29) is 5.56 Å². The van der Waals surface area contributed by atoms with Gasteiger partial charge in [0.25, 0.3) is 5.91 Å². The van der Waals surface area contributed by atoms with Crippen molar-refractivity contribution >= 4 is 18.0 Å². The van der Waals surface area contributed by atoms with E-state index in [9.17, 15) is 22.8 Å². The fraction of sp³-hybridized carbons (Fsp3) is 0.231. The Kier molecular flexibility index (Phi) is 4.90. The molecule has 0 aliphatic rings. The molecule has 0 atom stereocenters. The van der Waals surface area contributed by atoms with E-state index < -0.39 is 24.6 Å². The average Bonchev–Trinajstić information content (AvgIpc) is 2.34. The molecule has 0 fully saturated rings. The summed E-state index contributed by atoms with van der Waals surface area (Å²) < 4.78 is 36.1. The van der Waals surface area contributed by atoms with E-state index in [1.807, 2.05) is 0 Å². The predicted molar refractivity (Wildman–Crippen MR) is 66.2 cm³/mol. The van der Waals surface area contributed by atoms with Crippen LogP contribution in [0.4, 0.5) is 13.2 Å². The van der Waals surface area contributed by atoms with Gasteiger partial charge in [-0.3, -0.25) is 4.79 Å². The van der Waals surface area contributed by atoms with Crippen LogP contribution < -0.4 is 5.32 Å². The van der Waals surface area contributed by atoms with Crippen LogP contribution in [0.5, 0.6) is 0 Å². The minimum atomic E-state index is -4.48. The second kappa shape index (κ2) is 6.23. The lowest BCUT2D eigenvalue weighted by Crippen LogP contribution is -2.34. The lowest BCUT2D eigenvalue weighted by atomic mass is 10.0. The van der Waals surface area contributed by atoms with Crippen molar-refractivity contribution in [3.05, 3.63) is 41.0 Å². The Labute approximate surface area is 112 Å². The van der Waals surface area contributed by atoms with Crippen molar-refractivity contribution < 1.29 is 27.9 Å². The maximum absolute atomic E-state index is 12.0. The molecular weight excluding hydrogens is 275 g/mol. The van der Waals surface area contributed by atoms with Gasteiger partial charge in [0.2, 0.25) is 0 Å². The number of halogens is 3. The average molecular weight is 287 g/mol. The van der Waals surface area contributed by atoms with Crippen LogP contribution in [0.3, 0.4) is 0 Å². The SMILES string of the molecule is Cc1ccc(C=CC(=O)O)cc1C(=O)NCC(F)(F)F. The minimum Gasteiger partial charge on any atom is -0.478 e. The zero-order valence-corrected chi connectivity index (χ0v) is 10.5. The molecule has 1 aromatic rings. The van der Waals surface area contributed by atoms with E-state index in [0.717, 1.165) is 6.08 Å². The Balaban J connectivity index is 2.91. The lowest BCUT2D eigenvalue weighted by Gasteiger charge is -2.10. The second-order valence-corrected chi connectivity index (χ2v) is 4.04. The van der Waals surface area contributed by atoms with Gasteiger partial charge in [-0.15, -0.1) is 0 Å². The molecular formula is C13H12F3NO3. The molecule has 0 saturated heterocycles. The summed E-state index contributed by atoms with van der Waals surface area (Å²) >= 11 is 0. The zero-order valence-electron chi connectivity index (χ0n) is 10.5. The topological polar surface area (TPSA) is 66.4 Å². The highest BCUT2D eigenvalue weighted by molar-refractivity contribution is 5.96.